The van der Waals surface area contributed by atoms with Crippen molar-refractivity contribution in [1.29, 1.82) is 0 Å². The molecule has 1 aliphatic rings. The number of benzene rings is 8. The van der Waals surface area contributed by atoms with Crippen LogP contribution in [0.3, 0.4) is 0 Å². The summed E-state index contributed by atoms with van der Waals surface area (Å²) in [6.07, 6.45) is 7.96. The molecule has 9 aromatic rings. The Morgan fingerprint density at radius 3 is 1.54 bits per heavy atom. The van der Waals surface area contributed by atoms with E-state index in [0.29, 0.717) is 0 Å². The van der Waals surface area contributed by atoms with Crippen molar-refractivity contribution in [3.05, 3.63) is 236 Å². The first-order chi connectivity index (χ1) is 28.3. The predicted octanol–water partition coefficient (Wildman–Crippen LogP) is 15.1. The minimum Gasteiger partial charge on any atom is -0.455 e. The van der Waals surface area contributed by atoms with E-state index in [0.717, 1.165) is 45.2 Å². The Morgan fingerprint density at radius 2 is 0.947 bits per heavy atom. The number of fused-ring (bicyclic) bond motifs is 3. The zero-order valence-corrected chi connectivity index (χ0v) is 32.3. The van der Waals surface area contributed by atoms with Crippen LogP contribution in [-0.2, 0) is 0 Å². The third-order valence-electron chi connectivity index (χ3n) is 11.1. The third-order valence-corrected chi connectivity index (χ3v) is 15.1. The number of hydrogen-bond donors (Lipinski definition) is 0. The van der Waals surface area contributed by atoms with E-state index < -0.39 is 10.0 Å². The first-order valence-corrected chi connectivity index (χ1v) is 21.2. The van der Waals surface area contributed by atoms with Gasteiger partial charge in [-0.15, -0.1) is 10.0 Å². The highest BCUT2D eigenvalue weighted by Crippen LogP contribution is 2.73. The molecular formula is C54H41NOS. The Labute approximate surface area is 336 Å². The van der Waals surface area contributed by atoms with Crippen LogP contribution in [-0.4, -0.2) is 6.04 Å². The molecule has 0 spiro atoms. The van der Waals surface area contributed by atoms with Crippen LogP contribution in [0.25, 0.3) is 38.6 Å². The molecule has 0 radical (unpaired) electrons. The molecule has 8 aromatic carbocycles. The van der Waals surface area contributed by atoms with E-state index in [1.807, 2.05) is 12.1 Å². The molecule has 2 nitrogen and oxygen atoms in total. The summed E-state index contributed by atoms with van der Waals surface area (Å²) in [4.78, 5) is 7.76. The van der Waals surface area contributed by atoms with Gasteiger partial charge in [0.05, 0.1) is 6.04 Å². The predicted molar refractivity (Wildman–Crippen MR) is 240 cm³/mol. The second-order valence-electron chi connectivity index (χ2n) is 14.4. The summed E-state index contributed by atoms with van der Waals surface area (Å²) in [7, 11) is -1.73. The zero-order valence-electron chi connectivity index (χ0n) is 31.5. The Hall–Kier alpha value is -6.81. The molecule has 0 amide bonds. The minimum absolute atomic E-state index is 0.159. The number of anilines is 2. The van der Waals surface area contributed by atoms with Crippen LogP contribution in [0.1, 0.15) is 12.0 Å². The fraction of sp³-hybridized carbons (Fsp3) is 0.0370. The van der Waals surface area contributed by atoms with Crippen LogP contribution < -0.4 is 4.90 Å². The molecule has 1 aliphatic carbocycles. The maximum absolute atomic E-state index is 6.39. The zero-order chi connectivity index (χ0) is 38.0. The number of rotatable bonds is 9. The number of furan rings is 1. The van der Waals surface area contributed by atoms with Crippen LogP contribution in [0.4, 0.5) is 11.4 Å². The monoisotopic (exact) mass is 751 g/mol. The molecule has 0 N–H and O–H groups in total. The van der Waals surface area contributed by atoms with Crippen molar-refractivity contribution in [2.24, 2.45) is 0 Å². The highest BCUT2D eigenvalue weighted by Gasteiger charge is 2.33. The molecule has 0 fully saturated rings. The van der Waals surface area contributed by atoms with Crippen molar-refractivity contribution in [3.8, 4) is 11.1 Å². The van der Waals surface area contributed by atoms with Crippen LogP contribution >= 0.6 is 10.0 Å². The average Bonchev–Trinajstić information content (AvgIpc) is 3.68. The Balaban J connectivity index is 0.963. The molecule has 0 saturated heterocycles. The van der Waals surface area contributed by atoms with Crippen molar-refractivity contribution in [3.63, 3.8) is 0 Å². The van der Waals surface area contributed by atoms with Gasteiger partial charge in [-0.05, 0) is 102 Å². The van der Waals surface area contributed by atoms with E-state index in [9.17, 15) is 0 Å². The van der Waals surface area contributed by atoms with Crippen molar-refractivity contribution < 1.29 is 4.42 Å². The fourth-order valence-corrected chi connectivity index (χ4v) is 12.3. The summed E-state index contributed by atoms with van der Waals surface area (Å²) in [6, 6.07) is 77.0. The van der Waals surface area contributed by atoms with E-state index in [-0.39, 0.29) is 6.04 Å². The van der Waals surface area contributed by atoms with Crippen molar-refractivity contribution in [2.45, 2.75) is 32.0 Å². The summed E-state index contributed by atoms with van der Waals surface area (Å²) in [5, 5.41) is 2.29. The Kier molecular flexibility index (Phi) is 9.14. The maximum Gasteiger partial charge on any atom is 0.143 e. The van der Waals surface area contributed by atoms with Gasteiger partial charge in [0, 0.05) is 47.3 Å². The van der Waals surface area contributed by atoms with Gasteiger partial charge >= 0.3 is 0 Å². The van der Waals surface area contributed by atoms with Gasteiger partial charge in [0.25, 0.3) is 0 Å². The van der Waals surface area contributed by atoms with Crippen molar-refractivity contribution in [1.82, 2.24) is 0 Å². The van der Waals surface area contributed by atoms with Crippen molar-refractivity contribution >= 4 is 48.9 Å². The summed E-state index contributed by atoms with van der Waals surface area (Å²) >= 11 is 0. The van der Waals surface area contributed by atoms with Crippen LogP contribution in [0.15, 0.2) is 255 Å². The normalized spacial score (nSPS) is 14.4. The lowest BCUT2D eigenvalue weighted by atomic mass is 9.95. The third kappa shape index (κ3) is 6.27. The summed E-state index contributed by atoms with van der Waals surface area (Å²) < 4.78 is 6.39. The number of para-hydroxylation sites is 3. The molecule has 10 rings (SSSR count). The van der Waals surface area contributed by atoms with E-state index in [4.69, 9.17) is 4.42 Å². The van der Waals surface area contributed by atoms with Gasteiger partial charge in [0.2, 0.25) is 0 Å². The second kappa shape index (κ2) is 15.0. The highest BCUT2D eigenvalue weighted by atomic mass is 32.3. The Morgan fingerprint density at radius 1 is 0.439 bits per heavy atom. The largest absolute Gasteiger partial charge is 0.455 e. The van der Waals surface area contributed by atoms with Crippen molar-refractivity contribution in [2.75, 3.05) is 4.90 Å². The lowest BCUT2D eigenvalue weighted by Gasteiger charge is -2.42. The lowest BCUT2D eigenvalue weighted by molar-refractivity contribution is 0.670. The molecule has 57 heavy (non-hydrogen) atoms. The number of allylic oxidation sites excluding steroid dienone is 2. The second-order valence-corrected chi connectivity index (χ2v) is 17.5. The highest BCUT2D eigenvalue weighted by molar-refractivity contribution is 8.34. The molecule has 274 valence electrons. The molecule has 1 atom stereocenters. The van der Waals surface area contributed by atoms with Gasteiger partial charge in [-0.2, -0.15) is 0 Å². The molecular weight excluding hydrogens is 711 g/mol. The minimum atomic E-state index is -1.73. The first-order valence-electron chi connectivity index (χ1n) is 19.6. The van der Waals surface area contributed by atoms with Crippen LogP contribution in [0.2, 0.25) is 0 Å². The van der Waals surface area contributed by atoms with Gasteiger partial charge in [-0.25, -0.2) is 0 Å². The van der Waals surface area contributed by atoms with Gasteiger partial charge < -0.3 is 9.32 Å². The van der Waals surface area contributed by atoms with Gasteiger partial charge in [-0.3, -0.25) is 0 Å². The van der Waals surface area contributed by atoms with Gasteiger partial charge in [-0.1, -0.05) is 152 Å². The Bertz CT molecular complexity index is 2750. The summed E-state index contributed by atoms with van der Waals surface area (Å²) in [5.41, 5.74) is 8.89. The number of nitrogens with zero attached hydrogens (tertiary/aromatic N) is 1. The van der Waals surface area contributed by atoms with E-state index in [1.165, 1.54) is 36.4 Å². The SMILES string of the molecule is C1=CC(N(c2ccccc2)c2ccc(-c3cccc4c3oc3ccccc34)cc2)CC=C1c1ccc(S(c2ccccc2)(c2ccccc2)c2ccccc2)cc1. The molecule has 1 heterocycles. The quantitative estimate of drug-likeness (QED) is 0.146. The van der Waals surface area contributed by atoms with E-state index in [2.05, 4.69) is 223 Å². The topological polar surface area (TPSA) is 16.4 Å². The molecule has 0 bridgehead atoms. The van der Waals surface area contributed by atoms with Crippen LogP contribution in [0, 0.1) is 0 Å². The fourth-order valence-electron chi connectivity index (χ4n) is 8.45. The maximum atomic E-state index is 6.39. The molecule has 0 aliphatic heterocycles. The molecule has 0 saturated carbocycles. The average molecular weight is 752 g/mol. The van der Waals surface area contributed by atoms with E-state index >= 15 is 0 Å². The van der Waals surface area contributed by atoms with Gasteiger partial charge in [0.1, 0.15) is 11.2 Å². The summed E-state index contributed by atoms with van der Waals surface area (Å²) in [5.74, 6) is 0. The van der Waals surface area contributed by atoms with Crippen LogP contribution in [0.5, 0.6) is 0 Å². The van der Waals surface area contributed by atoms with Gasteiger partial charge in [0.15, 0.2) is 0 Å². The standard InChI is InChI=1S/C54H41NOS/c1-5-16-43(17-6-1)55(45-36-30-42(31-37-45)50-25-15-26-52-51-24-13-14-27-53(51)56-54(50)52)44-34-28-40(29-35-44)41-32-38-49(39-33-41)57(46-18-7-2-8-19-46,47-20-9-3-10-21-47)48-22-11-4-12-23-48/h1-34,36-39,44H,35H2. The van der Waals surface area contributed by atoms with E-state index in [1.54, 1.807) is 0 Å². The summed E-state index contributed by atoms with van der Waals surface area (Å²) in [6.45, 7) is 0. The number of hydrogen-bond acceptors (Lipinski definition) is 2. The smallest absolute Gasteiger partial charge is 0.143 e. The first kappa shape index (κ1) is 34.7. The molecule has 1 aromatic heterocycles. The molecule has 1 unspecified atom stereocenters. The molecule has 3 heteroatoms. The lowest BCUT2D eigenvalue weighted by Crippen LogP contribution is -2.30.